The van der Waals surface area contributed by atoms with Gasteiger partial charge in [0.15, 0.2) is 0 Å². The van der Waals surface area contributed by atoms with Gasteiger partial charge in [0.05, 0.1) is 6.61 Å². The van der Waals surface area contributed by atoms with E-state index in [4.69, 9.17) is 4.74 Å². The minimum absolute atomic E-state index is 0.0869. The van der Waals surface area contributed by atoms with Crippen molar-refractivity contribution in [3.63, 3.8) is 0 Å². The van der Waals surface area contributed by atoms with Crippen LogP contribution < -0.4 is 0 Å². The fourth-order valence-corrected chi connectivity index (χ4v) is 3.58. The van der Waals surface area contributed by atoms with E-state index < -0.39 is 0 Å². The smallest absolute Gasteiger partial charge is 0.306 e. The molecule has 0 aromatic rings. The van der Waals surface area contributed by atoms with Crippen molar-refractivity contribution in [2.24, 2.45) is 17.8 Å². The Bertz CT molecular complexity index is 298. The van der Waals surface area contributed by atoms with E-state index in [2.05, 4.69) is 0 Å². The Hall–Kier alpha value is -0.860. The number of fused-ring (bicyclic) bond motifs is 1. The summed E-state index contributed by atoms with van der Waals surface area (Å²) in [5.41, 5.74) is 0. The summed E-state index contributed by atoms with van der Waals surface area (Å²) in [6.07, 6.45) is 6.64. The number of carbonyl (C=O) groups excluding carboxylic acids is 2. The van der Waals surface area contributed by atoms with Gasteiger partial charge >= 0.3 is 5.97 Å². The quantitative estimate of drug-likeness (QED) is 0.710. The molecule has 2 rings (SSSR count). The molecule has 0 amide bonds. The van der Waals surface area contributed by atoms with Gasteiger partial charge in [0.25, 0.3) is 0 Å². The first kappa shape index (κ1) is 12.6. The van der Waals surface area contributed by atoms with Crippen LogP contribution >= 0.6 is 0 Å². The van der Waals surface area contributed by atoms with E-state index in [1.54, 1.807) is 0 Å². The van der Waals surface area contributed by atoms with Gasteiger partial charge in [-0.3, -0.25) is 9.59 Å². The number of hydrogen-bond acceptors (Lipinski definition) is 3. The number of carbonyl (C=O) groups is 2. The number of hydrogen-bond donors (Lipinski definition) is 0. The lowest BCUT2D eigenvalue weighted by Gasteiger charge is -2.40. The van der Waals surface area contributed by atoms with E-state index in [9.17, 15) is 9.59 Å². The fourth-order valence-electron chi connectivity index (χ4n) is 3.58. The Morgan fingerprint density at radius 1 is 1.29 bits per heavy atom. The Kier molecular flexibility index (Phi) is 4.19. The lowest BCUT2D eigenvalue weighted by molar-refractivity contribution is -0.146. The first-order chi connectivity index (χ1) is 8.22. The van der Waals surface area contributed by atoms with Crippen LogP contribution in [-0.4, -0.2) is 18.4 Å². The van der Waals surface area contributed by atoms with Crippen molar-refractivity contribution < 1.29 is 14.3 Å². The molecule has 0 spiro atoms. The normalized spacial score (nSPS) is 33.0. The number of Topliss-reactive ketones (excluding diaryl/α,β-unsaturated/α-hetero) is 1. The van der Waals surface area contributed by atoms with Crippen LogP contribution in [0.5, 0.6) is 0 Å². The molecule has 96 valence electrons. The third-order valence-corrected chi connectivity index (χ3v) is 4.32. The lowest BCUT2D eigenvalue weighted by atomic mass is 9.64. The Labute approximate surface area is 103 Å². The van der Waals surface area contributed by atoms with Crippen LogP contribution in [-0.2, 0) is 14.3 Å². The molecule has 2 saturated carbocycles. The van der Waals surface area contributed by atoms with E-state index in [0.29, 0.717) is 30.6 Å². The minimum atomic E-state index is -0.0869. The number of ketones is 1. The van der Waals surface area contributed by atoms with Gasteiger partial charge in [-0.2, -0.15) is 0 Å². The van der Waals surface area contributed by atoms with Crippen molar-refractivity contribution in [3.05, 3.63) is 0 Å². The predicted octanol–water partition coefficient (Wildman–Crippen LogP) is 2.73. The highest BCUT2D eigenvalue weighted by Gasteiger charge is 2.39. The first-order valence-electron chi connectivity index (χ1n) is 6.90. The summed E-state index contributed by atoms with van der Waals surface area (Å²) < 4.78 is 5.03. The molecule has 0 bridgehead atoms. The second-order valence-corrected chi connectivity index (χ2v) is 5.33. The minimum Gasteiger partial charge on any atom is -0.466 e. The Morgan fingerprint density at radius 3 is 2.88 bits per heavy atom. The third-order valence-electron chi connectivity index (χ3n) is 4.32. The van der Waals surface area contributed by atoms with Crippen molar-refractivity contribution in [2.45, 2.75) is 51.9 Å². The highest BCUT2D eigenvalue weighted by Crippen LogP contribution is 2.43. The average Bonchev–Trinajstić information content (AvgIpc) is 2.31. The van der Waals surface area contributed by atoms with Crippen molar-refractivity contribution in [1.29, 1.82) is 0 Å². The van der Waals surface area contributed by atoms with Crippen LogP contribution in [0.3, 0.4) is 0 Å². The average molecular weight is 238 g/mol. The Morgan fingerprint density at radius 2 is 2.12 bits per heavy atom. The highest BCUT2D eigenvalue weighted by atomic mass is 16.5. The number of esters is 1. The molecule has 0 aliphatic heterocycles. The molecule has 0 heterocycles. The maximum absolute atomic E-state index is 11.9. The molecule has 2 aliphatic carbocycles. The summed E-state index contributed by atoms with van der Waals surface area (Å²) in [5.74, 6) is 1.44. The summed E-state index contributed by atoms with van der Waals surface area (Å²) >= 11 is 0. The second-order valence-electron chi connectivity index (χ2n) is 5.33. The van der Waals surface area contributed by atoms with Crippen molar-refractivity contribution in [3.8, 4) is 0 Å². The van der Waals surface area contributed by atoms with Crippen molar-refractivity contribution in [2.75, 3.05) is 6.61 Å². The van der Waals surface area contributed by atoms with Gasteiger partial charge in [-0.25, -0.2) is 0 Å². The fraction of sp³-hybridized carbons (Fsp3) is 0.857. The van der Waals surface area contributed by atoms with Crippen LogP contribution in [0.1, 0.15) is 51.9 Å². The van der Waals surface area contributed by atoms with Gasteiger partial charge in [0.2, 0.25) is 0 Å². The molecular formula is C14H22O3. The molecule has 0 saturated heterocycles. The molecule has 0 aromatic carbocycles. The van der Waals surface area contributed by atoms with Crippen LogP contribution in [0.25, 0.3) is 0 Å². The van der Waals surface area contributed by atoms with Gasteiger partial charge in [-0.1, -0.05) is 6.42 Å². The second kappa shape index (κ2) is 5.65. The van der Waals surface area contributed by atoms with Gasteiger partial charge in [-0.15, -0.1) is 0 Å². The highest BCUT2D eigenvalue weighted by molar-refractivity contribution is 5.82. The lowest BCUT2D eigenvalue weighted by Crippen LogP contribution is -2.37. The molecule has 0 radical (unpaired) electrons. The number of rotatable bonds is 3. The van der Waals surface area contributed by atoms with Crippen molar-refractivity contribution >= 4 is 11.8 Å². The molecule has 0 N–H and O–H groups in total. The molecule has 3 nitrogen and oxygen atoms in total. The third kappa shape index (κ3) is 2.88. The Balaban J connectivity index is 1.97. The van der Waals surface area contributed by atoms with E-state index in [-0.39, 0.29) is 11.9 Å². The standard InChI is InChI=1S/C14H22O3/c1-2-17-14(16)9-10-5-3-7-12-11(10)6-4-8-13(12)15/h10-12H,2-9H2,1H3/t10-,11+,12-/m1/s1. The molecule has 2 fully saturated rings. The van der Waals surface area contributed by atoms with Gasteiger partial charge in [0.1, 0.15) is 5.78 Å². The zero-order valence-electron chi connectivity index (χ0n) is 10.6. The van der Waals surface area contributed by atoms with E-state index in [1.165, 1.54) is 0 Å². The summed E-state index contributed by atoms with van der Waals surface area (Å²) in [7, 11) is 0. The molecule has 17 heavy (non-hydrogen) atoms. The maximum Gasteiger partial charge on any atom is 0.306 e. The predicted molar refractivity (Wildman–Crippen MR) is 64.4 cm³/mol. The van der Waals surface area contributed by atoms with Crippen LogP contribution in [0, 0.1) is 17.8 Å². The number of ether oxygens (including phenoxy) is 1. The monoisotopic (exact) mass is 238 g/mol. The van der Waals surface area contributed by atoms with E-state index in [1.807, 2.05) is 6.92 Å². The van der Waals surface area contributed by atoms with Crippen LogP contribution in [0.4, 0.5) is 0 Å². The van der Waals surface area contributed by atoms with Gasteiger partial charge in [-0.05, 0) is 44.4 Å². The van der Waals surface area contributed by atoms with E-state index >= 15 is 0 Å². The molecule has 2 aliphatic rings. The molecule has 0 aromatic heterocycles. The largest absolute Gasteiger partial charge is 0.466 e. The summed E-state index contributed by atoms with van der Waals surface area (Å²) in [4.78, 5) is 23.4. The molecular weight excluding hydrogens is 216 g/mol. The van der Waals surface area contributed by atoms with Gasteiger partial charge in [0, 0.05) is 18.8 Å². The molecule has 0 unspecified atom stereocenters. The van der Waals surface area contributed by atoms with Crippen LogP contribution in [0.15, 0.2) is 0 Å². The summed E-state index contributed by atoms with van der Waals surface area (Å²) in [6, 6.07) is 0. The SMILES string of the molecule is CCOC(=O)C[C@H]1CCC[C@H]2C(=O)CCC[C@@H]12. The zero-order valence-corrected chi connectivity index (χ0v) is 10.6. The van der Waals surface area contributed by atoms with Crippen LogP contribution in [0.2, 0.25) is 0 Å². The summed E-state index contributed by atoms with van der Waals surface area (Å²) in [5, 5.41) is 0. The zero-order chi connectivity index (χ0) is 12.3. The maximum atomic E-state index is 11.9. The van der Waals surface area contributed by atoms with E-state index in [0.717, 1.165) is 38.5 Å². The van der Waals surface area contributed by atoms with Gasteiger partial charge < -0.3 is 4.74 Å². The molecule has 3 atom stereocenters. The first-order valence-corrected chi connectivity index (χ1v) is 6.90. The van der Waals surface area contributed by atoms with Crippen molar-refractivity contribution in [1.82, 2.24) is 0 Å². The summed E-state index contributed by atoms with van der Waals surface area (Å²) in [6.45, 7) is 2.30. The molecule has 3 heteroatoms. The topological polar surface area (TPSA) is 43.4 Å².